The van der Waals surface area contributed by atoms with E-state index < -0.39 is 12.1 Å². The van der Waals surface area contributed by atoms with Gasteiger partial charge in [-0.1, -0.05) is 301 Å². The van der Waals surface area contributed by atoms with Gasteiger partial charge >= 0.3 is 5.97 Å². The number of unbranched alkanes of at least 4 members (excludes halogenated alkanes) is 44. The maximum atomic E-state index is 12.5. The molecule has 418 valence electrons. The number of nitrogens with one attached hydrogen (secondary N) is 1. The number of rotatable bonds is 59. The molecular formula is C65H123NO5. The summed E-state index contributed by atoms with van der Waals surface area (Å²) in [4.78, 5) is 24.6. The van der Waals surface area contributed by atoms with Crippen LogP contribution in [0.4, 0.5) is 0 Å². The van der Waals surface area contributed by atoms with Gasteiger partial charge in [0.1, 0.15) is 0 Å². The average molecular weight is 999 g/mol. The topological polar surface area (TPSA) is 95.9 Å². The van der Waals surface area contributed by atoms with E-state index in [4.69, 9.17) is 4.74 Å². The van der Waals surface area contributed by atoms with Crippen LogP contribution >= 0.6 is 0 Å². The molecule has 0 aliphatic heterocycles. The lowest BCUT2D eigenvalue weighted by molar-refractivity contribution is -0.143. The van der Waals surface area contributed by atoms with Crippen molar-refractivity contribution in [3.63, 3.8) is 0 Å². The molecule has 0 saturated heterocycles. The molecule has 0 aliphatic carbocycles. The van der Waals surface area contributed by atoms with Gasteiger partial charge in [0.15, 0.2) is 0 Å². The zero-order valence-electron chi connectivity index (χ0n) is 47.7. The van der Waals surface area contributed by atoms with E-state index in [0.717, 1.165) is 51.4 Å². The molecule has 0 fully saturated rings. The van der Waals surface area contributed by atoms with Crippen molar-refractivity contribution in [3.8, 4) is 0 Å². The number of carbonyl (C=O) groups excluding carboxylic acids is 2. The largest absolute Gasteiger partial charge is 0.466 e. The van der Waals surface area contributed by atoms with Crippen molar-refractivity contribution in [2.75, 3.05) is 13.2 Å². The zero-order valence-corrected chi connectivity index (χ0v) is 47.7. The SMILES string of the molecule is CCCCCC/C=C\C/C=C\CCCCCCCCCC(=O)OCCCCCCCCCCCCCCCCCCC(=O)NC(CO)C(O)/C=C/CCCCCCCCCCCCCCCCCCCC. The molecule has 0 spiro atoms. The van der Waals surface area contributed by atoms with Crippen LogP contribution in [0, 0.1) is 0 Å². The third-order valence-corrected chi connectivity index (χ3v) is 14.7. The molecule has 0 rings (SSSR count). The minimum absolute atomic E-state index is 0.00475. The quantitative estimate of drug-likeness (QED) is 0.0321. The van der Waals surface area contributed by atoms with Crippen molar-refractivity contribution in [1.82, 2.24) is 5.32 Å². The summed E-state index contributed by atoms with van der Waals surface area (Å²) in [6.45, 7) is 4.89. The second-order valence-corrected chi connectivity index (χ2v) is 21.7. The van der Waals surface area contributed by atoms with Gasteiger partial charge in [0, 0.05) is 12.8 Å². The highest BCUT2D eigenvalue weighted by Crippen LogP contribution is 2.17. The van der Waals surface area contributed by atoms with Crippen LogP contribution in [0.1, 0.15) is 341 Å². The van der Waals surface area contributed by atoms with Crippen molar-refractivity contribution in [1.29, 1.82) is 0 Å². The molecule has 0 aliphatic rings. The highest BCUT2D eigenvalue weighted by molar-refractivity contribution is 5.76. The fourth-order valence-electron chi connectivity index (χ4n) is 9.78. The molecule has 2 unspecified atom stereocenters. The number of esters is 1. The van der Waals surface area contributed by atoms with Crippen LogP contribution in [-0.2, 0) is 14.3 Å². The molecule has 0 saturated carbocycles. The zero-order chi connectivity index (χ0) is 51.4. The molecule has 71 heavy (non-hydrogen) atoms. The Morgan fingerprint density at radius 1 is 0.394 bits per heavy atom. The predicted octanol–water partition coefficient (Wildman–Crippen LogP) is 20.0. The first kappa shape index (κ1) is 69.1. The number of ether oxygens (including phenoxy) is 1. The second kappa shape index (κ2) is 60.6. The average Bonchev–Trinajstić information content (AvgIpc) is 3.37. The number of aliphatic hydroxyl groups is 2. The van der Waals surface area contributed by atoms with Gasteiger partial charge in [0.2, 0.25) is 5.91 Å². The Morgan fingerprint density at radius 3 is 1.08 bits per heavy atom. The maximum absolute atomic E-state index is 12.5. The van der Waals surface area contributed by atoms with Gasteiger partial charge < -0.3 is 20.3 Å². The number of aliphatic hydroxyl groups excluding tert-OH is 2. The van der Waals surface area contributed by atoms with Gasteiger partial charge in [0.25, 0.3) is 0 Å². The fraction of sp³-hybridized carbons (Fsp3) is 0.877. The van der Waals surface area contributed by atoms with Crippen molar-refractivity contribution in [3.05, 3.63) is 36.5 Å². The number of hydrogen-bond donors (Lipinski definition) is 3. The van der Waals surface area contributed by atoms with Crippen molar-refractivity contribution >= 4 is 11.9 Å². The summed E-state index contributed by atoms with van der Waals surface area (Å²) in [5.74, 6) is -0.0772. The van der Waals surface area contributed by atoms with Crippen molar-refractivity contribution in [2.24, 2.45) is 0 Å². The highest BCUT2D eigenvalue weighted by atomic mass is 16.5. The Labute approximate surface area is 443 Å². The summed E-state index contributed by atoms with van der Waals surface area (Å²) in [5.41, 5.74) is 0. The summed E-state index contributed by atoms with van der Waals surface area (Å²) in [7, 11) is 0. The molecule has 0 heterocycles. The van der Waals surface area contributed by atoms with E-state index >= 15 is 0 Å². The van der Waals surface area contributed by atoms with E-state index in [1.54, 1.807) is 6.08 Å². The fourth-order valence-corrected chi connectivity index (χ4v) is 9.78. The smallest absolute Gasteiger partial charge is 0.305 e. The van der Waals surface area contributed by atoms with Gasteiger partial charge in [-0.3, -0.25) is 9.59 Å². The Bertz CT molecular complexity index is 1150. The van der Waals surface area contributed by atoms with Crippen molar-refractivity contribution in [2.45, 2.75) is 353 Å². The normalized spacial score (nSPS) is 12.8. The number of allylic oxidation sites excluding steroid dienone is 5. The van der Waals surface area contributed by atoms with E-state index in [0.29, 0.717) is 19.4 Å². The van der Waals surface area contributed by atoms with Crippen LogP contribution in [0.3, 0.4) is 0 Å². The van der Waals surface area contributed by atoms with Crippen LogP contribution in [0.25, 0.3) is 0 Å². The molecule has 3 N–H and O–H groups in total. The molecular weight excluding hydrogens is 875 g/mol. The highest BCUT2D eigenvalue weighted by Gasteiger charge is 2.18. The minimum Gasteiger partial charge on any atom is -0.466 e. The maximum Gasteiger partial charge on any atom is 0.305 e. The molecule has 6 nitrogen and oxygen atoms in total. The van der Waals surface area contributed by atoms with E-state index in [1.807, 2.05) is 6.08 Å². The molecule has 0 radical (unpaired) electrons. The van der Waals surface area contributed by atoms with E-state index in [2.05, 4.69) is 43.5 Å². The summed E-state index contributed by atoms with van der Waals surface area (Å²) in [6.07, 6.45) is 76.0. The van der Waals surface area contributed by atoms with Gasteiger partial charge in [-0.25, -0.2) is 0 Å². The Balaban J connectivity index is 3.45. The lowest BCUT2D eigenvalue weighted by Gasteiger charge is -2.20. The summed E-state index contributed by atoms with van der Waals surface area (Å²) in [6, 6.07) is -0.635. The third-order valence-electron chi connectivity index (χ3n) is 14.7. The lowest BCUT2D eigenvalue weighted by atomic mass is 10.0. The van der Waals surface area contributed by atoms with E-state index in [9.17, 15) is 19.8 Å². The standard InChI is InChI=1S/C65H123NO5/c1-3-5-7-9-11-13-15-17-19-21-23-24-25-29-33-37-41-45-49-53-57-63(68)62(61-67)66-64(69)58-54-50-46-42-38-34-30-27-28-32-36-40-44-48-52-56-60-71-65(70)59-55-51-47-43-39-35-31-26-22-20-18-16-14-12-10-8-6-4-2/h14,16,20,22,53,57,62-63,67-68H,3-13,15,17-19,21,23-52,54-56,58-61H2,1-2H3,(H,66,69)/b16-14-,22-20-,57-53+. The molecule has 1 amide bonds. The van der Waals surface area contributed by atoms with Gasteiger partial charge in [-0.05, 0) is 64.2 Å². The van der Waals surface area contributed by atoms with E-state index in [-0.39, 0.29) is 18.5 Å². The van der Waals surface area contributed by atoms with Crippen LogP contribution in [-0.4, -0.2) is 47.4 Å². The van der Waals surface area contributed by atoms with Gasteiger partial charge in [0.05, 0.1) is 25.4 Å². The summed E-state index contributed by atoms with van der Waals surface area (Å²) < 4.78 is 5.49. The first-order chi connectivity index (χ1) is 35.0. The van der Waals surface area contributed by atoms with Gasteiger partial charge in [-0.15, -0.1) is 0 Å². The Kier molecular flexibility index (Phi) is 59.0. The van der Waals surface area contributed by atoms with Crippen molar-refractivity contribution < 1.29 is 24.5 Å². The first-order valence-electron chi connectivity index (χ1n) is 31.8. The van der Waals surface area contributed by atoms with Crippen LogP contribution in [0.15, 0.2) is 36.5 Å². The number of amides is 1. The monoisotopic (exact) mass is 998 g/mol. The summed E-state index contributed by atoms with van der Waals surface area (Å²) in [5, 5.41) is 23.2. The molecule has 0 aromatic carbocycles. The molecule has 2 atom stereocenters. The van der Waals surface area contributed by atoms with Crippen LogP contribution in [0.2, 0.25) is 0 Å². The molecule has 0 aromatic heterocycles. The van der Waals surface area contributed by atoms with E-state index in [1.165, 1.54) is 263 Å². The second-order valence-electron chi connectivity index (χ2n) is 21.7. The van der Waals surface area contributed by atoms with Gasteiger partial charge in [-0.2, -0.15) is 0 Å². The Morgan fingerprint density at radius 2 is 0.704 bits per heavy atom. The Hall–Kier alpha value is -1.92. The van der Waals surface area contributed by atoms with Crippen LogP contribution < -0.4 is 5.32 Å². The number of hydrogen-bond acceptors (Lipinski definition) is 5. The molecule has 0 bridgehead atoms. The third kappa shape index (κ3) is 57.2. The number of carbonyl (C=O) groups is 2. The summed E-state index contributed by atoms with van der Waals surface area (Å²) >= 11 is 0. The molecule has 0 aromatic rings. The van der Waals surface area contributed by atoms with Crippen LogP contribution in [0.5, 0.6) is 0 Å². The first-order valence-corrected chi connectivity index (χ1v) is 31.8. The predicted molar refractivity (Wildman–Crippen MR) is 310 cm³/mol. The lowest BCUT2D eigenvalue weighted by Crippen LogP contribution is -2.45. The molecule has 6 heteroatoms. The minimum atomic E-state index is -0.851.